The van der Waals surface area contributed by atoms with Gasteiger partial charge in [-0.1, -0.05) is 30.3 Å². The number of hydrogen-bond donors (Lipinski definition) is 1. The van der Waals surface area contributed by atoms with E-state index in [0.29, 0.717) is 6.42 Å². The SMILES string of the molecule is CN1CCc2ccc(-c3cnn(-c4ccc(CCC(=O)O)cc4)c3)cc2CC1. The monoisotopic (exact) mass is 375 g/mol. The molecule has 2 heterocycles. The second kappa shape index (κ2) is 7.98. The van der Waals surface area contributed by atoms with Crippen LogP contribution in [0.1, 0.15) is 23.1 Å². The zero-order valence-electron chi connectivity index (χ0n) is 16.1. The van der Waals surface area contributed by atoms with Crippen LogP contribution in [0.3, 0.4) is 0 Å². The maximum atomic E-state index is 10.7. The van der Waals surface area contributed by atoms with Gasteiger partial charge in [-0.25, -0.2) is 4.68 Å². The van der Waals surface area contributed by atoms with Crippen LogP contribution in [0.4, 0.5) is 0 Å². The van der Waals surface area contributed by atoms with Gasteiger partial charge in [0, 0.05) is 31.3 Å². The van der Waals surface area contributed by atoms with Gasteiger partial charge >= 0.3 is 5.97 Å². The first-order valence-corrected chi connectivity index (χ1v) is 9.75. The van der Waals surface area contributed by atoms with E-state index < -0.39 is 5.97 Å². The molecular weight excluding hydrogens is 350 g/mol. The van der Waals surface area contributed by atoms with E-state index in [1.54, 1.807) is 0 Å². The summed E-state index contributed by atoms with van der Waals surface area (Å²) >= 11 is 0. The lowest BCUT2D eigenvalue weighted by atomic mass is 9.98. The van der Waals surface area contributed by atoms with Gasteiger partial charge in [0.15, 0.2) is 0 Å². The molecule has 0 fully saturated rings. The lowest BCUT2D eigenvalue weighted by Crippen LogP contribution is -2.20. The first-order chi connectivity index (χ1) is 13.6. The predicted octanol–water partition coefficient (Wildman–Crippen LogP) is 3.59. The smallest absolute Gasteiger partial charge is 0.303 e. The quantitative estimate of drug-likeness (QED) is 0.740. The molecule has 2 aromatic carbocycles. The van der Waals surface area contributed by atoms with E-state index in [9.17, 15) is 4.79 Å². The maximum Gasteiger partial charge on any atom is 0.303 e. The summed E-state index contributed by atoms with van der Waals surface area (Å²) in [5.41, 5.74) is 7.20. The van der Waals surface area contributed by atoms with Crippen LogP contribution in [0.15, 0.2) is 54.9 Å². The molecule has 1 N–H and O–H groups in total. The molecule has 0 saturated carbocycles. The zero-order valence-corrected chi connectivity index (χ0v) is 16.1. The first kappa shape index (κ1) is 18.4. The lowest BCUT2D eigenvalue weighted by molar-refractivity contribution is -0.136. The van der Waals surface area contributed by atoms with Crippen molar-refractivity contribution in [3.05, 3.63) is 71.5 Å². The molecule has 1 aromatic heterocycles. The summed E-state index contributed by atoms with van der Waals surface area (Å²) in [7, 11) is 2.18. The Kier molecular flexibility index (Phi) is 5.26. The molecule has 0 unspecified atom stereocenters. The van der Waals surface area contributed by atoms with E-state index in [1.165, 1.54) is 16.7 Å². The van der Waals surface area contributed by atoms with Gasteiger partial charge < -0.3 is 10.0 Å². The Hall–Kier alpha value is -2.92. The normalized spacial score (nSPS) is 14.5. The van der Waals surface area contributed by atoms with Crippen LogP contribution in [0, 0.1) is 0 Å². The molecule has 0 radical (unpaired) electrons. The van der Waals surface area contributed by atoms with E-state index >= 15 is 0 Å². The number of aryl methyl sites for hydroxylation is 1. The third-order valence-corrected chi connectivity index (χ3v) is 5.48. The topological polar surface area (TPSA) is 58.4 Å². The summed E-state index contributed by atoms with van der Waals surface area (Å²) in [5, 5.41) is 13.3. The molecule has 4 rings (SSSR count). The average molecular weight is 375 g/mol. The van der Waals surface area contributed by atoms with E-state index in [2.05, 4.69) is 41.4 Å². The van der Waals surface area contributed by atoms with Gasteiger partial charge in [-0.05, 0) is 60.7 Å². The van der Waals surface area contributed by atoms with Crippen molar-refractivity contribution in [2.45, 2.75) is 25.7 Å². The van der Waals surface area contributed by atoms with Gasteiger partial charge in [0.2, 0.25) is 0 Å². The van der Waals surface area contributed by atoms with E-state index in [1.807, 2.05) is 35.1 Å². The van der Waals surface area contributed by atoms with Gasteiger partial charge in [-0.15, -0.1) is 0 Å². The number of carboxylic acids is 1. The van der Waals surface area contributed by atoms with Crippen molar-refractivity contribution in [1.29, 1.82) is 0 Å². The number of rotatable bonds is 5. The molecule has 1 aliphatic rings. The molecule has 144 valence electrons. The number of carbonyl (C=O) groups is 1. The fraction of sp³-hybridized carbons (Fsp3) is 0.304. The number of likely N-dealkylation sites (N-methyl/N-ethyl adjacent to an activating group) is 1. The molecule has 1 aliphatic heterocycles. The highest BCUT2D eigenvalue weighted by Gasteiger charge is 2.13. The molecule has 28 heavy (non-hydrogen) atoms. The second-order valence-corrected chi connectivity index (χ2v) is 7.52. The zero-order chi connectivity index (χ0) is 19.5. The third kappa shape index (κ3) is 4.15. The number of hydrogen-bond acceptors (Lipinski definition) is 3. The summed E-state index contributed by atoms with van der Waals surface area (Å²) in [5.74, 6) is -0.770. The lowest BCUT2D eigenvalue weighted by Gasteiger charge is -2.10. The number of nitrogens with zero attached hydrogens (tertiary/aromatic N) is 3. The largest absolute Gasteiger partial charge is 0.481 e. The molecule has 5 nitrogen and oxygen atoms in total. The number of aliphatic carboxylic acids is 1. The minimum absolute atomic E-state index is 0.152. The Morgan fingerprint density at radius 3 is 2.54 bits per heavy atom. The van der Waals surface area contributed by atoms with Gasteiger partial charge in [0.05, 0.1) is 11.9 Å². The van der Waals surface area contributed by atoms with Crippen LogP contribution in [-0.2, 0) is 24.1 Å². The summed E-state index contributed by atoms with van der Waals surface area (Å²) < 4.78 is 1.87. The molecule has 5 heteroatoms. The Morgan fingerprint density at radius 1 is 1.04 bits per heavy atom. The van der Waals surface area contributed by atoms with Crippen molar-refractivity contribution in [2.75, 3.05) is 20.1 Å². The van der Waals surface area contributed by atoms with E-state index in [0.717, 1.165) is 42.7 Å². The fourth-order valence-electron chi connectivity index (χ4n) is 3.70. The fourth-order valence-corrected chi connectivity index (χ4v) is 3.70. The van der Waals surface area contributed by atoms with Crippen molar-refractivity contribution in [3.63, 3.8) is 0 Å². The average Bonchev–Trinajstić information content (AvgIpc) is 3.12. The molecule has 0 bridgehead atoms. The van der Waals surface area contributed by atoms with Crippen molar-refractivity contribution in [1.82, 2.24) is 14.7 Å². The van der Waals surface area contributed by atoms with Crippen molar-refractivity contribution < 1.29 is 9.90 Å². The second-order valence-electron chi connectivity index (χ2n) is 7.52. The van der Waals surface area contributed by atoms with Crippen LogP contribution >= 0.6 is 0 Å². The number of aromatic nitrogens is 2. The summed E-state index contributed by atoms with van der Waals surface area (Å²) in [6, 6.07) is 14.7. The minimum atomic E-state index is -0.770. The molecule has 0 saturated heterocycles. The molecule has 0 amide bonds. The molecule has 0 spiro atoms. The van der Waals surface area contributed by atoms with Crippen LogP contribution in [0.5, 0.6) is 0 Å². The molecule has 3 aromatic rings. The van der Waals surface area contributed by atoms with Crippen molar-refractivity contribution in [3.8, 4) is 16.8 Å². The van der Waals surface area contributed by atoms with E-state index in [-0.39, 0.29) is 6.42 Å². The summed E-state index contributed by atoms with van der Waals surface area (Å²) in [6.07, 6.45) is 6.86. The number of benzene rings is 2. The molecule has 0 aliphatic carbocycles. The van der Waals surface area contributed by atoms with Gasteiger partial charge in [-0.2, -0.15) is 5.10 Å². The van der Waals surface area contributed by atoms with Gasteiger partial charge in [-0.3, -0.25) is 4.79 Å². The number of carboxylic acid groups (broad SMARTS) is 1. The molecular formula is C23H25N3O2. The maximum absolute atomic E-state index is 10.7. The summed E-state index contributed by atoms with van der Waals surface area (Å²) in [4.78, 5) is 13.1. The van der Waals surface area contributed by atoms with Crippen LogP contribution in [0.2, 0.25) is 0 Å². The van der Waals surface area contributed by atoms with Crippen molar-refractivity contribution in [2.24, 2.45) is 0 Å². The Morgan fingerprint density at radius 2 is 1.79 bits per heavy atom. The van der Waals surface area contributed by atoms with Gasteiger partial charge in [0.1, 0.15) is 0 Å². The highest BCUT2D eigenvalue weighted by atomic mass is 16.4. The van der Waals surface area contributed by atoms with Crippen LogP contribution < -0.4 is 0 Å². The summed E-state index contributed by atoms with van der Waals surface area (Å²) in [6.45, 7) is 2.22. The Balaban J connectivity index is 1.52. The van der Waals surface area contributed by atoms with Gasteiger partial charge in [0.25, 0.3) is 0 Å². The molecule has 0 atom stereocenters. The first-order valence-electron chi connectivity index (χ1n) is 9.75. The van der Waals surface area contributed by atoms with Crippen LogP contribution in [-0.4, -0.2) is 45.9 Å². The van der Waals surface area contributed by atoms with Crippen molar-refractivity contribution >= 4 is 5.97 Å². The minimum Gasteiger partial charge on any atom is -0.481 e. The highest BCUT2D eigenvalue weighted by Crippen LogP contribution is 2.25. The standard InChI is InChI=1S/C23H25N3O2/c1-25-12-10-18-5-6-19(14-20(18)11-13-25)21-15-24-26(16-21)22-7-2-17(3-8-22)4-9-23(27)28/h2-3,5-8,14-16H,4,9-13H2,1H3,(H,27,28). The van der Waals surface area contributed by atoms with E-state index in [4.69, 9.17) is 5.11 Å². The van der Waals surface area contributed by atoms with Crippen LogP contribution in [0.25, 0.3) is 16.8 Å². The highest BCUT2D eigenvalue weighted by molar-refractivity contribution is 5.67. The number of fused-ring (bicyclic) bond motifs is 1. The Bertz CT molecular complexity index is 976. The predicted molar refractivity (Wildman–Crippen MR) is 110 cm³/mol. The third-order valence-electron chi connectivity index (χ3n) is 5.48. The Labute approximate surface area is 165 Å².